The fraction of sp³-hybridized carbons (Fsp3) is 1.00. The molecule has 0 aromatic heterocycles. The summed E-state index contributed by atoms with van der Waals surface area (Å²) in [6.07, 6.45) is 4.80. The molecule has 0 aliphatic carbocycles. The minimum atomic E-state index is 0.417. The lowest BCUT2D eigenvalue weighted by atomic mass is 10.1. The molecule has 0 aliphatic rings. The van der Waals surface area contributed by atoms with Crippen LogP contribution in [0.5, 0.6) is 0 Å². The van der Waals surface area contributed by atoms with E-state index in [0.717, 1.165) is 6.42 Å². The number of rotatable bonds is 8. The second kappa shape index (κ2) is 8.52. The summed E-state index contributed by atoms with van der Waals surface area (Å²) in [5.74, 6) is 0. The van der Waals surface area contributed by atoms with E-state index in [1.54, 1.807) is 0 Å². The van der Waals surface area contributed by atoms with E-state index in [1.165, 1.54) is 38.9 Å². The average molecular weight is 186 g/mol. The molecule has 0 aromatic rings. The van der Waals surface area contributed by atoms with Gasteiger partial charge in [-0.2, -0.15) is 0 Å². The van der Waals surface area contributed by atoms with Crippen LogP contribution in [-0.2, 0) is 0 Å². The molecule has 0 amide bonds. The Bertz CT molecular complexity index is 104. The summed E-state index contributed by atoms with van der Waals surface area (Å²) in [5, 5.41) is 0. The van der Waals surface area contributed by atoms with Gasteiger partial charge >= 0.3 is 0 Å². The van der Waals surface area contributed by atoms with Crippen LogP contribution in [0.2, 0.25) is 0 Å². The molecule has 1 unspecified atom stereocenters. The predicted octanol–water partition coefficient (Wildman–Crippen LogP) is 2.24. The van der Waals surface area contributed by atoms with E-state index in [1.807, 2.05) is 0 Å². The van der Waals surface area contributed by atoms with Crippen LogP contribution in [0.4, 0.5) is 0 Å². The first kappa shape index (κ1) is 12.9. The van der Waals surface area contributed by atoms with Crippen molar-refractivity contribution in [2.45, 2.75) is 52.5 Å². The zero-order valence-electron chi connectivity index (χ0n) is 9.55. The maximum atomic E-state index is 5.86. The van der Waals surface area contributed by atoms with E-state index < -0.39 is 0 Å². The van der Waals surface area contributed by atoms with Crippen LogP contribution in [0, 0.1) is 0 Å². The average Bonchev–Trinajstić information content (AvgIpc) is 2.16. The molecule has 1 atom stereocenters. The van der Waals surface area contributed by atoms with Crippen LogP contribution >= 0.6 is 0 Å². The third kappa shape index (κ3) is 7.03. The van der Waals surface area contributed by atoms with Gasteiger partial charge in [-0.15, -0.1) is 0 Å². The zero-order chi connectivity index (χ0) is 10.1. The van der Waals surface area contributed by atoms with E-state index in [4.69, 9.17) is 5.73 Å². The Morgan fingerprint density at radius 3 is 2.31 bits per heavy atom. The van der Waals surface area contributed by atoms with Gasteiger partial charge in [0, 0.05) is 6.04 Å². The summed E-state index contributed by atoms with van der Waals surface area (Å²) in [5.41, 5.74) is 5.86. The van der Waals surface area contributed by atoms with E-state index in [0.29, 0.717) is 6.04 Å². The Morgan fingerprint density at radius 2 is 1.85 bits per heavy atom. The van der Waals surface area contributed by atoms with Gasteiger partial charge in [-0.05, 0) is 45.3 Å². The van der Waals surface area contributed by atoms with Crippen molar-refractivity contribution >= 4 is 0 Å². The summed E-state index contributed by atoms with van der Waals surface area (Å²) in [7, 11) is 0. The molecule has 2 heteroatoms. The molecule has 0 fully saturated rings. The highest BCUT2D eigenvalue weighted by Crippen LogP contribution is 2.01. The van der Waals surface area contributed by atoms with Gasteiger partial charge in [0.05, 0.1) is 0 Å². The molecule has 0 heterocycles. The second-order valence-electron chi connectivity index (χ2n) is 3.74. The molecule has 80 valence electrons. The van der Waals surface area contributed by atoms with Crippen molar-refractivity contribution in [3.63, 3.8) is 0 Å². The Balaban J connectivity index is 3.37. The van der Waals surface area contributed by atoms with Crippen LogP contribution in [0.15, 0.2) is 0 Å². The quantitative estimate of drug-likeness (QED) is 0.630. The molecular weight excluding hydrogens is 160 g/mol. The standard InChI is InChI=1S/C11H26N2/c1-4-9-13(6-3)10-7-8-11(12)5-2/h11H,4-10,12H2,1-3H3. The molecule has 0 rings (SSSR count). The highest BCUT2D eigenvalue weighted by Gasteiger charge is 2.02. The van der Waals surface area contributed by atoms with Crippen molar-refractivity contribution in [2.75, 3.05) is 19.6 Å². The number of hydrogen-bond donors (Lipinski definition) is 1. The first-order valence-corrected chi connectivity index (χ1v) is 5.72. The molecule has 2 nitrogen and oxygen atoms in total. The summed E-state index contributed by atoms with van der Waals surface area (Å²) < 4.78 is 0. The van der Waals surface area contributed by atoms with Gasteiger partial charge in [0.15, 0.2) is 0 Å². The Morgan fingerprint density at radius 1 is 1.15 bits per heavy atom. The monoisotopic (exact) mass is 186 g/mol. The van der Waals surface area contributed by atoms with Gasteiger partial charge in [-0.25, -0.2) is 0 Å². The summed E-state index contributed by atoms with van der Waals surface area (Å²) >= 11 is 0. The van der Waals surface area contributed by atoms with Crippen molar-refractivity contribution in [1.82, 2.24) is 4.90 Å². The Labute approximate surface area is 83.5 Å². The third-order valence-corrected chi connectivity index (χ3v) is 2.56. The van der Waals surface area contributed by atoms with Gasteiger partial charge in [-0.3, -0.25) is 0 Å². The zero-order valence-corrected chi connectivity index (χ0v) is 9.55. The highest BCUT2D eigenvalue weighted by atomic mass is 15.1. The minimum absolute atomic E-state index is 0.417. The summed E-state index contributed by atoms with van der Waals surface area (Å²) in [6, 6.07) is 0.417. The van der Waals surface area contributed by atoms with Gasteiger partial charge in [0.2, 0.25) is 0 Å². The summed E-state index contributed by atoms with van der Waals surface area (Å²) in [4.78, 5) is 2.50. The molecule has 0 spiro atoms. The number of hydrogen-bond acceptors (Lipinski definition) is 2. The minimum Gasteiger partial charge on any atom is -0.328 e. The smallest absolute Gasteiger partial charge is 0.00366 e. The van der Waals surface area contributed by atoms with Gasteiger partial charge < -0.3 is 10.6 Å². The molecule has 0 aromatic carbocycles. The lowest BCUT2D eigenvalue weighted by molar-refractivity contribution is 0.279. The molecular formula is C11H26N2. The second-order valence-corrected chi connectivity index (χ2v) is 3.74. The van der Waals surface area contributed by atoms with Crippen molar-refractivity contribution in [3.05, 3.63) is 0 Å². The van der Waals surface area contributed by atoms with Crippen LogP contribution in [-0.4, -0.2) is 30.6 Å². The van der Waals surface area contributed by atoms with Crippen molar-refractivity contribution in [3.8, 4) is 0 Å². The lowest BCUT2D eigenvalue weighted by Crippen LogP contribution is -2.27. The highest BCUT2D eigenvalue weighted by molar-refractivity contribution is 4.61. The normalized spacial score (nSPS) is 13.6. The molecule has 2 N–H and O–H groups in total. The molecule has 0 aliphatic heterocycles. The van der Waals surface area contributed by atoms with Gasteiger partial charge in [0.1, 0.15) is 0 Å². The fourth-order valence-electron chi connectivity index (χ4n) is 1.53. The maximum Gasteiger partial charge on any atom is 0.00366 e. The summed E-state index contributed by atoms with van der Waals surface area (Å²) in [6.45, 7) is 10.3. The number of nitrogens with zero attached hydrogens (tertiary/aromatic N) is 1. The Hall–Kier alpha value is -0.0800. The van der Waals surface area contributed by atoms with Crippen LogP contribution in [0.1, 0.15) is 46.5 Å². The molecule has 0 radical (unpaired) electrons. The molecule has 13 heavy (non-hydrogen) atoms. The van der Waals surface area contributed by atoms with Gasteiger partial charge in [0.25, 0.3) is 0 Å². The van der Waals surface area contributed by atoms with Crippen molar-refractivity contribution in [1.29, 1.82) is 0 Å². The third-order valence-electron chi connectivity index (χ3n) is 2.56. The SMILES string of the molecule is CCCN(CC)CCCC(N)CC. The van der Waals surface area contributed by atoms with E-state index in [9.17, 15) is 0 Å². The topological polar surface area (TPSA) is 29.3 Å². The Kier molecular flexibility index (Phi) is 8.46. The van der Waals surface area contributed by atoms with Crippen molar-refractivity contribution < 1.29 is 0 Å². The fourth-order valence-corrected chi connectivity index (χ4v) is 1.53. The van der Waals surface area contributed by atoms with Crippen molar-refractivity contribution in [2.24, 2.45) is 5.73 Å². The first-order chi connectivity index (χ1) is 6.24. The van der Waals surface area contributed by atoms with Gasteiger partial charge in [-0.1, -0.05) is 20.8 Å². The van der Waals surface area contributed by atoms with Crippen LogP contribution in [0.25, 0.3) is 0 Å². The van der Waals surface area contributed by atoms with Crippen LogP contribution < -0.4 is 5.73 Å². The van der Waals surface area contributed by atoms with E-state index >= 15 is 0 Å². The molecule has 0 saturated heterocycles. The predicted molar refractivity (Wildman–Crippen MR) is 59.9 cm³/mol. The molecule has 0 bridgehead atoms. The first-order valence-electron chi connectivity index (χ1n) is 5.72. The lowest BCUT2D eigenvalue weighted by Gasteiger charge is -2.20. The number of nitrogens with two attached hydrogens (primary N) is 1. The molecule has 0 saturated carbocycles. The maximum absolute atomic E-state index is 5.86. The van der Waals surface area contributed by atoms with E-state index in [2.05, 4.69) is 25.7 Å². The van der Waals surface area contributed by atoms with Crippen LogP contribution in [0.3, 0.4) is 0 Å². The largest absolute Gasteiger partial charge is 0.328 e. The van der Waals surface area contributed by atoms with E-state index in [-0.39, 0.29) is 0 Å².